The fourth-order valence-corrected chi connectivity index (χ4v) is 1.06. The SMILES string of the molecule is [C-]#[N+]c1cc(B(O)O)ccc1OCC. The Morgan fingerprint density at radius 2 is 2.21 bits per heavy atom. The molecule has 4 nitrogen and oxygen atoms in total. The maximum Gasteiger partial charge on any atom is 0.487 e. The minimum Gasteiger partial charge on any atom is -0.505 e. The van der Waals surface area contributed by atoms with Crippen molar-refractivity contribution >= 4 is 18.3 Å². The van der Waals surface area contributed by atoms with Crippen LogP contribution < -0.4 is 10.2 Å². The van der Waals surface area contributed by atoms with Gasteiger partial charge >= 0.3 is 7.12 Å². The van der Waals surface area contributed by atoms with E-state index in [4.69, 9.17) is 21.4 Å². The van der Waals surface area contributed by atoms with Crippen LogP contribution in [0.2, 0.25) is 0 Å². The van der Waals surface area contributed by atoms with Crippen LogP contribution in [0.5, 0.6) is 5.75 Å². The fourth-order valence-electron chi connectivity index (χ4n) is 1.06. The van der Waals surface area contributed by atoms with Gasteiger partial charge in [0.15, 0.2) is 0 Å². The zero-order valence-corrected chi connectivity index (χ0v) is 7.77. The van der Waals surface area contributed by atoms with Gasteiger partial charge in [-0.15, -0.1) is 0 Å². The Hall–Kier alpha value is -1.51. The van der Waals surface area contributed by atoms with Crippen molar-refractivity contribution in [1.29, 1.82) is 0 Å². The molecule has 0 spiro atoms. The number of hydrogen-bond acceptors (Lipinski definition) is 3. The van der Waals surface area contributed by atoms with E-state index in [0.717, 1.165) is 0 Å². The molecular weight excluding hydrogens is 181 g/mol. The Bertz CT molecular complexity index is 360. The highest BCUT2D eigenvalue weighted by Gasteiger charge is 2.13. The Morgan fingerprint density at radius 3 is 2.71 bits per heavy atom. The van der Waals surface area contributed by atoms with Crippen molar-refractivity contribution in [3.8, 4) is 5.75 Å². The molecule has 1 aromatic carbocycles. The van der Waals surface area contributed by atoms with E-state index in [1.54, 1.807) is 6.07 Å². The first kappa shape index (κ1) is 10.6. The maximum absolute atomic E-state index is 8.88. The van der Waals surface area contributed by atoms with Gasteiger partial charge < -0.3 is 14.8 Å². The van der Waals surface area contributed by atoms with E-state index in [-0.39, 0.29) is 5.69 Å². The molecule has 72 valence electrons. The van der Waals surface area contributed by atoms with Crippen LogP contribution in [-0.2, 0) is 0 Å². The van der Waals surface area contributed by atoms with Gasteiger partial charge in [-0.1, -0.05) is 12.1 Å². The van der Waals surface area contributed by atoms with Crippen molar-refractivity contribution in [3.05, 3.63) is 29.6 Å². The van der Waals surface area contributed by atoms with Crippen LogP contribution in [0.1, 0.15) is 6.92 Å². The van der Waals surface area contributed by atoms with Crippen LogP contribution in [0.4, 0.5) is 5.69 Å². The predicted octanol–water partition coefficient (Wildman–Crippen LogP) is 0.316. The van der Waals surface area contributed by atoms with E-state index in [0.29, 0.717) is 17.8 Å². The molecule has 0 aromatic heterocycles. The first-order chi connectivity index (χ1) is 6.69. The van der Waals surface area contributed by atoms with E-state index >= 15 is 0 Å². The molecule has 0 unspecified atom stereocenters. The molecule has 0 aliphatic rings. The van der Waals surface area contributed by atoms with E-state index < -0.39 is 7.12 Å². The van der Waals surface area contributed by atoms with Crippen LogP contribution in [0.25, 0.3) is 4.85 Å². The maximum atomic E-state index is 8.88. The average molecular weight is 191 g/mol. The zero-order valence-electron chi connectivity index (χ0n) is 7.77. The topological polar surface area (TPSA) is 54.0 Å². The second-order valence-electron chi connectivity index (χ2n) is 2.65. The molecule has 0 saturated heterocycles. The summed E-state index contributed by atoms with van der Waals surface area (Å²) in [4.78, 5) is 3.23. The normalized spacial score (nSPS) is 9.29. The molecule has 0 bridgehead atoms. The Kier molecular flexibility index (Phi) is 3.51. The summed E-state index contributed by atoms with van der Waals surface area (Å²) < 4.78 is 5.19. The van der Waals surface area contributed by atoms with Gasteiger partial charge in [-0.3, -0.25) is 0 Å². The molecule has 0 amide bonds. The van der Waals surface area contributed by atoms with Gasteiger partial charge in [0.1, 0.15) is 5.75 Å². The lowest BCUT2D eigenvalue weighted by Crippen LogP contribution is -2.29. The first-order valence-corrected chi connectivity index (χ1v) is 4.19. The molecule has 0 fully saturated rings. The minimum atomic E-state index is -1.55. The van der Waals surface area contributed by atoms with Crippen LogP contribution >= 0.6 is 0 Å². The standard InChI is InChI=1S/C9H10BNO3/c1-3-14-9-5-4-7(10(12)13)6-8(9)11-2/h4-6,12-13H,3H2,1H3. The quantitative estimate of drug-likeness (QED) is 0.534. The molecule has 2 N–H and O–H groups in total. The highest BCUT2D eigenvalue weighted by molar-refractivity contribution is 6.58. The van der Waals surface area contributed by atoms with Crippen LogP contribution in [0, 0.1) is 6.57 Å². The Morgan fingerprint density at radius 1 is 1.50 bits per heavy atom. The average Bonchev–Trinajstić information content (AvgIpc) is 2.18. The smallest absolute Gasteiger partial charge is 0.487 e. The molecule has 1 rings (SSSR count). The molecule has 0 atom stereocenters. The number of rotatable bonds is 3. The third kappa shape index (κ3) is 2.25. The molecule has 0 heterocycles. The van der Waals surface area contributed by atoms with E-state index in [2.05, 4.69) is 4.85 Å². The highest BCUT2D eigenvalue weighted by atomic mass is 16.5. The molecule has 14 heavy (non-hydrogen) atoms. The fraction of sp³-hybridized carbons (Fsp3) is 0.222. The predicted molar refractivity (Wildman–Crippen MR) is 53.7 cm³/mol. The monoisotopic (exact) mass is 191 g/mol. The molecule has 5 heteroatoms. The molecular formula is C9H10BNO3. The third-order valence-electron chi connectivity index (χ3n) is 1.70. The lowest BCUT2D eigenvalue weighted by molar-refractivity contribution is 0.342. The van der Waals surface area contributed by atoms with Crippen molar-refractivity contribution in [2.24, 2.45) is 0 Å². The third-order valence-corrected chi connectivity index (χ3v) is 1.70. The van der Waals surface area contributed by atoms with Crippen LogP contribution in [0.3, 0.4) is 0 Å². The molecule has 0 aliphatic carbocycles. The lowest BCUT2D eigenvalue weighted by atomic mass is 9.80. The largest absolute Gasteiger partial charge is 0.505 e. The zero-order chi connectivity index (χ0) is 10.6. The van der Waals surface area contributed by atoms with Gasteiger partial charge in [0, 0.05) is 0 Å². The van der Waals surface area contributed by atoms with Crippen molar-refractivity contribution in [1.82, 2.24) is 0 Å². The molecule has 0 aliphatic heterocycles. The molecule has 1 aromatic rings. The second-order valence-corrected chi connectivity index (χ2v) is 2.65. The van der Waals surface area contributed by atoms with Crippen LogP contribution in [0.15, 0.2) is 18.2 Å². The van der Waals surface area contributed by atoms with Gasteiger partial charge in [0.25, 0.3) is 0 Å². The summed E-state index contributed by atoms with van der Waals surface area (Å²) in [6.07, 6.45) is 0. The first-order valence-electron chi connectivity index (χ1n) is 4.19. The summed E-state index contributed by atoms with van der Waals surface area (Å²) in [7, 11) is -1.55. The minimum absolute atomic E-state index is 0.289. The van der Waals surface area contributed by atoms with Gasteiger partial charge in [0.05, 0.1) is 13.2 Å². The van der Waals surface area contributed by atoms with Gasteiger partial charge in [-0.05, 0) is 18.5 Å². The Labute approximate surface area is 82.7 Å². The van der Waals surface area contributed by atoms with Gasteiger partial charge in [-0.2, -0.15) is 0 Å². The summed E-state index contributed by atoms with van der Waals surface area (Å²) in [5.41, 5.74) is 0.580. The van der Waals surface area contributed by atoms with Crippen molar-refractivity contribution < 1.29 is 14.8 Å². The number of hydrogen-bond donors (Lipinski definition) is 2. The van der Waals surface area contributed by atoms with Gasteiger partial charge in [0.2, 0.25) is 5.69 Å². The van der Waals surface area contributed by atoms with E-state index in [1.165, 1.54) is 12.1 Å². The van der Waals surface area contributed by atoms with Gasteiger partial charge in [-0.25, -0.2) is 4.85 Å². The summed E-state index contributed by atoms with van der Waals surface area (Å²) in [6.45, 7) is 9.18. The summed E-state index contributed by atoms with van der Waals surface area (Å²) in [5, 5.41) is 17.8. The molecule has 0 saturated carbocycles. The lowest BCUT2D eigenvalue weighted by Gasteiger charge is -2.06. The second kappa shape index (κ2) is 4.65. The molecule has 0 radical (unpaired) electrons. The summed E-state index contributed by atoms with van der Waals surface area (Å²) in [6, 6.07) is 4.48. The Balaban J connectivity index is 3.07. The van der Waals surface area contributed by atoms with Crippen LogP contribution in [-0.4, -0.2) is 23.8 Å². The van der Waals surface area contributed by atoms with Crippen molar-refractivity contribution in [2.45, 2.75) is 6.92 Å². The number of benzene rings is 1. The summed E-state index contributed by atoms with van der Waals surface area (Å²) in [5.74, 6) is 0.465. The highest BCUT2D eigenvalue weighted by Crippen LogP contribution is 2.25. The number of nitrogens with zero attached hydrogens (tertiary/aromatic N) is 1. The van der Waals surface area contributed by atoms with Crippen molar-refractivity contribution in [2.75, 3.05) is 6.61 Å². The number of ether oxygens (including phenoxy) is 1. The van der Waals surface area contributed by atoms with E-state index in [1.807, 2.05) is 6.92 Å². The van der Waals surface area contributed by atoms with Crippen molar-refractivity contribution in [3.63, 3.8) is 0 Å². The van der Waals surface area contributed by atoms with E-state index in [9.17, 15) is 0 Å². The summed E-state index contributed by atoms with van der Waals surface area (Å²) >= 11 is 0.